The summed E-state index contributed by atoms with van der Waals surface area (Å²) >= 11 is 9.40. The monoisotopic (exact) mass is 343 g/mol. The smallest absolute Gasteiger partial charge is 0.164 e. The van der Waals surface area contributed by atoms with Crippen molar-refractivity contribution in [1.29, 1.82) is 0 Å². The van der Waals surface area contributed by atoms with Gasteiger partial charge in [0, 0.05) is 15.6 Å². The van der Waals surface area contributed by atoms with E-state index >= 15 is 0 Å². The minimum atomic E-state index is -0.219. The molecular weight excluding hydrogens is 330 g/mol. The summed E-state index contributed by atoms with van der Waals surface area (Å²) in [7, 11) is 0. The van der Waals surface area contributed by atoms with Gasteiger partial charge in [0.1, 0.15) is 6.61 Å². The molecule has 0 aliphatic heterocycles. The lowest BCUT2D eigenvalue weighted by atomic mass is 10.1. The molecule has 0 saturated heterocycles. The summed E-state index contributed by atoms with van der Waals surface area (Å²) in [5, 5.41) is 18.3. The number of hydrogen-bond acceptors (Lipinski definition) is 3. The van der Waals surface area contributed by atoms with E-state index in [4.69, 9.17) is 11.6 Å². The number of aliphatic hydroxyl groups is 1. The van der Waals surface area contributed by atoms with Crippen molar-refractivity contribution in [2.75, 3.05) is 0 Å². The minimum absolute atomic E-state index is 0.140. The van der Waals surface area contributed by atoms with Gasteiger partial charge in [-0.25, -0.2) is 0 Å². The highest BCUT2D eigenvalue weighted by Crippen LogP contribution is 2.31. The lowest BCUT2D eigenvalue weighted by molar-refractivity contribution is 0.250. The van der Waals surface area contributed by atoms with Crippen LogP contribution in [0.5, 0.6) is 0 Å². The van der Waals surface area contributed by atoms with Gasteiger partial charge in [-0.1, -0.05) is 11.6 Å². The Hall–Kier alpha value is -0.910. The molecule has 6 heteroatoms. The largest absolute Gasteiger partial charge is 0.388 e. The molecule has 2 rings (SSSR count). The van der Waals surface area contributed by atoms with Crippen LogP contribution in [0.25, 0.3) is 11.4 Å². The molecule has 1 N–H and O–H groups in total. The molecule has 1 aromatic carbocycles. The van der Waals surface area contributed by atoms with Crippen LogP contribution >= 0.6 is 27.5 Å². The molecule has 0 fully saturated rings. The Balaban J connectivity index is 2.62. The second kappa shape index (κ2) is 5.23. The minimum Gasteiger partial charge on any atom is -0.388 e. The molecule has 0 aliphatic carbocycles. The fourth-order valence-electron chi connectivity index (χ4n) is 1.95. The molecule has 0 bridgehead atoms. The molecule has 1 heterocycles. The number of aromatic nitrogens is 3. The fourth-order valence-corrected chi connectivity index (χ4v) is 2.44. The van der Waals surface area contributed by atoms with Crippen LogP contribution in [0.1, 0.15) is 26.6 Å². The van der Waals surface area contributed by atoms with E-state index < -0.39 is 0 Å². The third-order valence-corrected chi connectivity index (χ3v) is 3.93. The predicted molar refractivity (Wildman–Crippen MR) is 79.1 cm³/mol. The van der Waals surface area contributed by atoms with Crippen molar-refractivity contribution in [2.45, 2.75) is 32.9 Å². The van der Waals surface area contributed by atoms with Gasteiger partial charge in [0.2, 0.25) is 0 Å². The Bertz CT molecular complexity index is 604. The molecule has 0 aliphatic rings. The summed E-state index contributed by atoms with van der Waals surface area (Å²) < 4.78 is 2.74. The van der Waals surface area contributed by atoms with Gasteiger partial charge in [-0.2, -0.15) is 0 Å². The maximum Gasteiger partial charge on any atom is 0.164 e. The van der Waals surface area contributed by atoms with Crippen LogP contribution in [-0.4, -0.2) is 19.9 Å². The normalized spacial score (nSPS) is 11.9. The summed E-state index contributed by atoms with van der Waals surface area (Å²) in [5.41, 5.74) is 0.682. The number of aliphatic hydroxyl groups excluding tert-OH is 1. The molecular formula is C13H15BrClN3O. The number of halogens is 2. The lowest BCUT2D eigenvalue weighted by Gasteiger charge is -2.24. The highest BCUT2D eigenvalue weighted by Gasteiger charge is 2.23. The summed E-state index contributed by atoms with van der Waals surface area (Å²) in [6, 6.07) is 5.59. The zero-order valence-corrected chi connectivity index (χ0v) is 13.3. The van der Waals surface area contributed by atoms with E-state index in [1.807, 2.05) is 37.5 Å². The summed E-state index contributed by atoms with van der Waals surface area (Å²) in [4.78, 5) is 0. The predicted octanol–water partition coefficient (Wildman–Crippen LogP) is 3.61. The number of hydrogen-bond donors (Lipinski definition) is 1. The molecule has 102 valence electrons. The molecule has 0 saturated carbocycles. The maximum atomic E-state index is 9.39. The standard InChI is InChI=1S/C13H15BrClN3O/c1-13(2,3)18-11(7-19)16-17-12(18)8-4-5-10(15)9(14)6-8/h4-6,19H,7H2,1-3H3. The van der Waals surface area contributed by atoms with E-state index in [1.54, 1.807) is 6.07 Å². The van der Waals surface area contributed by atoms with Crippen LogP contribution < -0.4 is 0 Å². The second-order valence-electron chi connectivity index (χ2n) is 5.23. The molecule has 2 aromatic rings. The van der Waals surface area contributed by atoms with E-state index in [-0.39, 0.29) is 12.1 Å². The van der Waals surface area contributed by atoms with Crippen molar-refractivity contribution in [2.24, 2.45) is 0 Å². The number of rotatable bonds is 2. The summed E-state index contributed by atoms with van der Waals surface area (Å²) in [6.45, 7) is 6.00. The van der Waals surface area contributed by atoms with Gasteiger partial charge in [0.05, 0.1) is 5.02 Å². The first-order valence-electron chi connectivity index (χ1n) is 5.85. The van der Waals surface area contributed by atoms with Crippen LogP contribution in [0.4, 0.5) is 0 Å². The van der Waals surface area contributed by atoms with Gasteiger partial charge in [-0.3, -0.25) is 0 Å². The lowest BCUT2D eigenvalue weighted by Crippen LogP contribution is -2.25. The Labute approximate surface area is 125 Å². The van der Waals surface area contributed by atoms with Gasteiger partial charge in [0.25, 0.3) is 0 Å². The molecule has 0 atom stereocenters. The highest BCUT2D eigenvalue weighted by molar-refractivity contribution is 9.10. The molecule has 0 radical (unpaired) electrons. The SMILES string of the molecule is CC(C)(C)n1c(CO)nnc1-c1ccc(Cl)c(Br)c1. The topological polar surface area (TPSA) is 50.9 Å². The van der Waals surface area contributed by atoms with E-state index in [0.29, 0.717) is 16.7 Å². The third-order valence-electron chi connectivity index (χ3n) is 2.72. The Kier molecular flexibility index (Phi) is 3.99. The fraction of sp³-hybridized carbons (Fsp3) is 0.385. The third kappa shape index (κ3) is 2.83. The molecule has 0 amide bonds. The van der Waals surface area contributed by atoms with E-state index in [0.717, 1.165) is 10.0 Å². The molecule has 4 nitrogen and oxygen atoms in total. The summed E-state index contributed by atoms with van der Waals surface area (Å²) in [6.07, 6.45) is 0. The Morgan fingerprint density at radius 2 is 2.00 bits per heavy atom. The van der Waals surface area contributed by atoms with E-state index in [2.05, 4.69) is 26.1 Å². The zero-order chi connectivity index (χ0) is 14.2. The maximum absolute atomic E-state index is 9.39. The van der Waals surface area contributed by atoms with Crippen molar-refractivity contribution >= 4 is 27.5 Å². The van der Waals surface area contributed by atoms with Gasteiger partial charge < -0.3 is 9.67 Å². The average molecular weight is 345 g/mol. The average Bonchev–Trinajstić information content (AvgIpc) is 2.76. The van der Waals surface area contributed by atoms with Crippen molar-refractivity contribution in [1.82, 2.24) is 14.8 Å². The van der Waals surface area contributed by atoms with Gasteiger partial charge >= 0.3 is 0 Å². The van der Waals surface area contributed by atoms with Gasteiger partial charge in [-0.15, -0.1) is 10.2 Å². The first-order valence-corrected chi connectivity index (χ1v) is 7.02. The molecule has 19 heavy (non-hydrogen) atoms. The number of benzene rings is 1. The van der Waals surface area contributed by atoms with Crippen LogP contribution in [0, 0.1) is 0 Å². The number of nitrogens with zero attached hydrogens (tertiary/aromatic N) is 3. The van der Waals surface area contributed by atoms with Gasteiger partial charge in [-0.05, 0) is 54.9 Å². The van der Waals surface area contributed by atoms with Crippen LogP contribution in [0.3, 0.4) is 0 Å². The van der Waals surface area contributed by atoms with Crippen LogP contribution in [0.15, 0.2) is 22.7 Å². The van der Waals surface area contributed by atoms with Crippen molar-refractivity contribution in [3.63, 3.8) is 0 Å². The van der Waals surface area contributed by atoms with Crippen LogP contribution in [-0.2, 0) is 12.1 Å². The first-order chi connectivity index (χ1) is 8.84. The molecule has 1 aromatic heterocycles. The zero-order valence-electron chi connectivity index (χ0n) is 11.0. The van der Waals surface area contributed by atoms with Crippen molar-refractivity contribution in [3.8, 4) is 11.4 Å². The Morgan fingerprint density at radius 3 is 2.53 bits per heavy atom. The van der Waals surface area contributed by atoms with Crippen molar-refractivity contribution in [3.05, 3.63) is 33.5 Å². The highest BCUT2D eigenvalue weighted by atomic mass is 79.9. The van der Waals surface area contributed by atoms with Crippen molar-refractivity contribution < 1.29 is 5.11 Å². The first kappa shape index (κ1) is 14.5. The Morgan fingerprint density at radius 1 is 1.32 bits per heavy atom. The quantitative estimate of drug-likeness (QED) is 0.905. The molecule has 0 spiro atoms. The molecule has 0 unspecified atom stereocenters. The van der Waals surface area contributed by atoms with E-state index in [1.165, 1.54) is 0 Å². The van der Waals surface area contributed by atoms with E-state index in [9.17, 15) is 5.11 Å². The summed E-state index contributed by atoms with van der Waals surface area (Å²) in [5.74, 6) is 1.27. The van der Waals surface area contributed by atoms with Gasteiger partial charge in [0.15, 0.2) is 11.6 Å². The second-order valence-corrected chi connectivity index (χ2v) is 6.49. The van der Waals surface area contributed by atoms with Crippen LogP contribution in [0.2, 0.25) is 5.02 Å².